The summed E-state index contributed by atoms with van der Waals surface area (Å²) < 4.78 is 36.0. The molecule has 1 fully saturated rings. The van der Waals surface area contributed by atoms with Crippen molar-refractivity contribution >= 4 is 17.6 Å². The number of carboxylic acids is 1. The third kappa shape index (κ3) is 3.74. The first-order chi connectivity index (χ1) is 9.73. The number of nitrogens with one attached hydrogen (secondary N) is 1. The van der Waals surface area contributed by atoms with E-state index in [0.717, 1.165) is 0 Å². The Bertz CT molecular complexity index is 548. The van der Waals surface area contributed by atoms with Crippen molar-refractivity contribution in [2.24, 2.45) is 0 Å². The first-order valence-electron chi connectivity index (χ1n) is 6.43. The van der Waals surface area contributed by atoms with Gasteiger partial charge in [0.05, 0.1) is 11.8 Å². The molecule has 1 aromatic carbocycles. The predicted octanol–water partition coefficient (Wildman–Crippen LogP) is 3.08. The third-order valence-electron chi connectivity index (χ3n) is 3.52. The second-order valence-corrected chi connectivity index (χ2v) is 5.13. The maximum Gasteiger partial charge on any atom is 0.389 e. The van der Waals surface area contributed by atoms with E-state index in [0.29, 0.717) is 24.1 Å². The summed E-state index contributed by atoms with van der Waals surface area (Å²) in [5.41, 5.74) is 0.161. The second kappa shape index (κ2) is 5.38. The molecule has 2 rings (SSSR count). The first kappa shape index (κ1) is 15.3. The molecule has 0 spiro atoms. The van der Waals surface area contributed by atoms with Crippen LogP contribution in [0.3, 0.4) is 0 Å². The highest BCUT2D eigenvalue weighted by Crippen LogP contribution is 2.48. The van der Waals surface area contributed by atoms with E-state index in [2.05, 4.69) is 5.32 Å². The first-order valence-corrected chi connectivity index (χ1v) is 6.43. The summed E-state index contributed by atoms with van der Waals surface area (Å²) in [6, 6.07) is 6.18. The largest absolute Gasteiger partial charge is 0.481 e. The van der Waals surface area contributed by atoms with Crippen LogP contribution in [0.25, 0.3) is 0 Å². The quantitative estimate of drug-likeness (QED) is 0.878. The van der Waals surface area contributed by atoms with Gasteiger partial charge in [0.15, 0.2) is 0 Å². The molecular formula is C14H14F3NO3. The molecule has 2 N–H and O–H groups in total. The molecular weight excluding hydrogens is 287 g/mol. The number of amides is 1. The van der Waals surface area contributed by atoms with Gasteiger partial charge in [-0.3, -0.25) is 9.59 Å². The van der Waals surface area contributed by atoms with Crippen LogP contribution in [-0.4, -0.2) is 23.2 Å². The highest BCUT2D eigenvalue weighted by molar-refractivity contribution is 5.91. The molecule has 1 aromatic rings. The highest BCUT2D eigenvalue weighted by Gasteiger charge is 2.51. The van der Waals surface area contributed by atoms with Gasteiger partial charge in [0.1, 0.15) is 0 Å². The van der Waals surface area contributed by atoms with Gasteiger partial charge >= 0.3 is 12.1 Å². The lowest BCUT2D eigenvalue weighted by Crippen LogP contribution is -2.19. The molecule has 0 bridgehead atoms. The molecule has 0 radical (unpaired) electrons. The molecule has 0 saturated heterocycles. The SMILES string of the molecule is O=C(CCC(F)(F)F)Nc1ccc(C2(C(=O)O)CC2)cc1. The normalized spacial score (nSPS) is 16.3. The fraction of sp³-hybridized carbons (Fsp3) is 0.429. The van der Waals surface area contributed by atoms with Crippen molar-refractivity contribution in [2.45, 2.75) is 37.3 Å². The van der Waals surface area contributed by atoms with Crippen LogP contribution in [0.1, 0.15) is 31.2 Å². The summed E-state index contributed by atoms with van der Waals surface area (Å²) in [5, 5.41) is 11.5. The van der Waals surface area contributed by atoms with Crippen LogP contribution < -0.4 is 5.32 Å². The summed E-state index contributed by atoms with van der Waals surface area (Å²) in [6.45, 7) is 0. The molecule has 0 atom stereocenters. The van der Waals surface area contributed by atoms with Crippen molar-refractivity contribution in [3.63, 3.8) is 0 Å². The minimum atomic E-state index is -4.36. The number of carbonyl (C=O) groups is 2. The van der Waals surface area contributed by atoms with E-state index in [1.54, 1.807) is 12.1 Å². The van der Waals surface area contributed by atoms with Crippen LogP contribution >= 0.6 is 0 Å². The number of halogens is 3. The molecule has 1 amide bonds. The third-order valence-corrected chi connectivity index (χ3v) is 3.52. The molecule has 0 unspecified atom stereocenters. The van der Waals surface area contributed by atoms with E-state index in [-0.39, 0.29) is 0 Å². The summed E-state index contributed by atoms with van der Waals surface area (Å²) in [7, 11) is 0. The van der Waals surface area contributed by atoms with Crippen LogP contribution in [0.5, 0.6) is 0 Å². The average Bonchev–Trinajstić information content (AvgIpc) is 3.18. The molecule has 0 aliphatic heterocycles. The Morgan fingerprint density at radius 3 is 2.19 bits per heavy atom. The van der Waals surface area contributed by atoms with Gasteiger partial charge in [0.25, 0.3) is 0 Å². The monoisotopic (exact) mass is 301 g/mol. The number of aliphatic carboxylic acids is 1. The zero-order valence-corrected chi connectivity index (χ0v) is 11.0. The van der Waals surface area contributed by atoms with Gasteiger partial charge in [0, 0.05) is 12.1 Å². The van der Waals surface area contributed by atoms with Gasteiger partial charge < -0.3 is 10.4 Å². The van der Waals surface area contributed by atoms with E-state index >= 15 is 0 Å². The average molecular weight is 301 g/mol. The van der Waals surface area contributed by atoms with Gasteiger partial charge in [0.2, 0.25) is 5.91 Å². The number of alkyl halides is 3. The van der Waals surface area contributed by atoms with Gasteiger partial charge in [-0.15, -0.1) is 0 Å². The maximum absolute atomic E-state index is 12.0. The molecule has 1 saturated carbocycles. The van der Waals surface area contributed by atoms with Crippen molar-refractivity contribution in [3.8, 4) is 0 Å². The molecule has 4 nitrogen and oxygen atoms in total. The van der Waals surface area contributed by atoms with E-state index in [1.807, 2.05) is 0 Å². The van der Waals surface area contributed by atoms with Crippen molar-refractivity contribution in [3.05, 3.63) is 29.8 Å². The van der Waals surface area contributed by atoms with Crippen molar-refractivity contribution < 1.29 is 27.9 Å². The Morgan fingerprint density at radius 1 is 1.19 bits per heavy atom. The minimum Gasteiger partial charge on any atom is -0.481 e. The van der Waals surface area contributed by atoms with E-state index in [1.165, 1.54) is 12.1 Å². The molecule has 114 valence electrons. The topological polar surface area (TPSA) is 66.4 Å². The molecule has 0 heterocycles. The standard InChI is InChI=1S/C14H14F3NO3/c15-14(16,17)6-5-11(19)18-10-3-1-9(2-4-10)13(7-8-13)12(20)21/h1-4H,5-8H2,(H,18,19)(H,20,21). The molecule has 21 heavy (non-hydrogen) atoms. The van der Waals surface area contributed by atoms with E-state index in [4.69, 9.17) is 5.11 Å². The molecule has 1 aliphatic carbocycles. The van der Waals surface area contributed by atoms with Crippen LogP contribution in [0, 0.1) is 0 Å². The lowest BCUT2D eigenvalue weighted by molar-refractivity contribution is -0.142. The fourth-order valence-electron chi connectivity index (χ4n) is 2.10. The van der Waals surface area contributed by atoms with Crippen LogP contribution in [0.15, 0.2) is 24.3 Å². The molecule has 7 heteroatoms. The summed E-state index contributed by atoms with van der Waals surface area (Å²) in [6.07, 6.45) is -5.02. The van der Waals surface area contributed by atoms with E-state index in [9.17, 15) is 22.8 Å². The summed E-state index contributed by atoms with van der Waals surface area (Å²) >= 11 is 0. The molecule has 1 aliphatic rings. The van der Waals surface area contributed by atoms with Gasteiger partial charge in [-0.1, -0.05) is 12.1 Å². The van der Waals surface area contributed by atoms with Crippen molar-refractivity contribution in [1.29, 1.82) is 0 Å². The molecule has 0 aromatic heterocycles. The van der Waals surface area contributed by atoms with E-state index < -0.39 is 36.3 Å². The smallest absolute Gasteiger partial charge is 0.389 e. The van der Waals surface area contributed by atoms with Gasteiger partial charge in [-0.2, -0.15) is 13.2 Å². The Labute approximate surface area is 119 Å². The highest BCUT2D eigenvalue weighted by atomic mass is 19.4. The van der Waals surface area contributed by atoms with Crippen LogP contribution in [0.4, 0.5) is 18.9 Å². The number of rotatable bonds is 5. The van der Waals surface area contributed by atoms with Crippen molar-refractivity contribution in [1.82, 2.24) is 0 Å². The van der Waals surface area contributed by atoms with Gasteiger partial charge in [-0.05, 0) is 30.5 Å². The number of benzene rings is 1. The Morgan fingerprint density at radius 2 is 1.76 bits per heavy atom. The predicted molar refractivity (Wildman–Crippen MR) is 68.9 cm³/mol. The zero-order chi connectivity index (χ0) is 15.7. The second-order valence-electron chi connectivity index (χ2n) is 5.13. The minimum absolute atomic E-state index is 0.354. The fourth-order valence-corrected chi connectivity index (χ4v) is 2.10. The van der Waals surface area contributed by atoms with Crippen molar-refractivity contribution in [2.75, 3.05) is 5.32 Å². The van der Waals surface area contributed by atoms with Gasteiger partial charge in [-0.25, -0.2) is 0 Å². The lowest BCUT2D eigenvalue weighted by Gasteiger charge is -2.11. The Balaban J connectivity index is 1.94. The summed E-state index contributed by atoms with van der Waals surface area (Å²) in [5.74, 6) is -1.61. The Hall–Kier alpha value is -2.05. The number of carboxylic acid groups (broad SMARTS) is 1. The summed E-state index contributed by atoms with van der Waals surface area (Å²) in [4.78, 5) is 22.5. The number of anilines is 1. The Kier molecular flexibility index (Phi) is 3.93. The zero-order valence-electron chi connectivity index (χ0n) is 11.0. The number of carbonyl (C=O) groups excluding carboxylic acids is 1. The maximum atomic E-state index is 12.0. The number of hydrogen-bond acceptors (Lipinski definition) is 2. The number of hydrogen-bond donors (Lipinski definition) is 2. The van der Waals surface area contributed by atoms with Crippen LogP contribution in [-0.2, 0) is 15.0 Å². The lowest BCUT2D eigenvalue weighted by atomic mass is 9.96. The van der Waals surface area contributed by atoms with Crippen LogP contribution in [0.2, 0.25) is 0 Å².